The number of hydrogen-bond acceptors (Lipinski definition) is 3. The molecule has 72 valence electrons. The SMILES string of the molecule is C=C(C)C#C[C@@]12O[C@@H]1[C@@H](O)C=CC2=O. The van der Waals surface area contributed by atoms with Crippen molar-refractivity contribution in [1.29, 1.82) is 0 Å². The van der Waals surface area contributed by atoms with E-state index in [1.54, 1.807) is 6.92 Å². The number of rotatable bonds is 0. The van der Waals surface area contributed by atoms with Gasteiger partial charge >= 0.3 is 0 Å². The van der Waals surface area contributed by atoms with E-state index in [9.17, 15) is 9.90 Å². The first-order valence-electron chi connectivity index (χ1n) is 4.33. The molecule has 1 aliphatic heterocycles. The van der Waals surface area contributed by atoms with Crippen LogP contribution in [0, 0.1) is 11.8 Å². The minimum absolute atomic E-state index is 0.193. The van der Waals surface area contributed by atoms with Crippen molar-refractivity contribution in [2.24, 2.45) is 0 Å². The van der Waals surface area contributed by atoms with E-state index in [1.165, 1.54) is 12.2 Å². The van der Waals surface area contributed by atoms with Crippen molar-refractivity contribution in [3.05, 3.63) is 24.3 Å². The number of hydrogen-bond donors (Lipinski definition) is 1. The predicted molar refractivity (Wildman–Crippen MR) is 50.3 cm³/mol. The molecule has 14 heavy (non-hydrogen) atoms. The Kier molecular flexibility index (Phi) is 1.84. The maximum Gasteiger partial charge on any atom is 0.221 e. The lowest BCUT2D eigenvalue weighted by Crippen LogP contribution is -2.33. The van der Waals surface area contributed by atoms with Gasteiger partial charge in [-0.1, -0.05) is 18.4 Å². The van der Waals surface area contributed by atoms with Crippen molar-refractivity contribution < 1.29 is 14.6 Å². The fourth-order valence-corrected chi connectivity index (χ4v) is 1.45. The molecule has 2 rings (SSSR count). The average molecular weight is 190 g/mol. The second kappa shape index (κ2) is 2.81. The Bertz CT molecular complexity index is 396. The Morgan fingerprint density at radius 1 is 1.79 bits per heavy atom. The van der Waals surface area contributed by atoms with Crippen LogP contribution in [0.25, 0.3) is 0 Å². The van der Waals surface area contributed by atoms with Gasteiger partial charge in [0.1, 0.15) is 12.2 Å². The van der Waals surface area contributed by atoms with Gasteiger partial charge in [-0.05, 0) is 24.6 Å². The fraction of sp³-hybridized carbons (Fsp3) is 0.364. The molecule has 3 atom stereocenters. The van der Waals surface area contributed by atoms with Crippen molar-refractivity contribution >= 4 is 5.78 Å². The highest BCUT2D eigenvalue weighted by Crippen LogP contribution is 2.42. The molecule has 0 spiro atoms. The van der Waals surface area contributed by atoms with Crippen LogP contribution < -0.4 is 0 Å². The summed E-state index contributed by atoms with van der Waals surface area (Å²) < 4.78 is 5.16. The van der Waals surface area contributed by atoms with Gasteiger partial charge in [0, 0.05) is 0 Å². The highest BCUT2D eigenvalue weighted by atomic mass is 16.6. The van der Waals surface area contributed by atoms with E-state index >= 15 is 0 Å². The van der Waals surface area contributed by atoms with Crippen LogP contribution in [0.3, 0.4) is 0 Å². The molecule has 1 heterocycles. The Labute approximate surface area is 82.1 Å². The Morgan fingerprint density at radius 2 is 2.50 bits per heavy atom. The second-order valence-electron chi connectivity index (χ2n) is 3.52. The van der Waals surface area contributed by atoms with Crippen LogP contribution in [0.1, 0.15) is 6.92 Å². The number of ether oxygens (including phenoxy) is 1. The summed E-state index contributed by atoms with van der Waals surface area (Å²) in [6.07, 6.45) is 1.53. The molecule has 0 bridgehead atoms. The zero-order chi connectivity index (χ0) is 10.3. The number of carbonyl (C=O) groups is 1. The largest absolute Gasteiger partial charge is 0.386 e. The molecule has 0 saturated carbocycles. The predicted octanol–water partition coefficient (Wildman–Crippen LogP) is 0.203. The van der Waals surface area contributed by atoms with Crippen LogP contribution in [0.5, 0.6) is 0 Å². The third-order valence-corrected chi connectivity index (χ3v) is 2.24. The second-order valence-corrected chi connectivity index (χ2v) is 3.52. The molecule has 1 saturated heterocycles. The fourth-order valence-electron chi connectivity index (χ4n) is 1.45. The first kappa shape index (κ1) is 9.20. The van der Waals surface area contributed by atoms with E-state index in [0.29, 0.717) is 5.57 Å². The number of epoxide rings is 1. The van der Waals surface area contributed by atoms with Crippen molar-refractivity contribution in [3.8, 4) is 11.8 Å². The van der Waals surface area contributed by atoms with E-state index in [1.807, 2.05) is 0 Å². The number of aliphatic hydroxyl groups excluding tert-OH is 1. The van der Waals surface area contributed by atoms with E-state index in [-0.39, 0.29) is 5.78 Å². The molecule has 1 aliphatic carbocycles. The van der Waals surface area contributed by atoms with E-state index < -0.39 is 17.8 Å². The van der Waals surface area contributed by atoms with Gasteiger partial charge in [0.05, 0.1) is 0 Å². The van der Waals surface area contributed by atoms with Crippen molar-refractivity contribution in [1.82, 2.24) is 0 Å². The lowest BCUT2D eigenvalue weighted by molar-refractivity contribution is -0.117. The van der Waals surface area contributed by atoms with Crippen LogP contribution in [0.2, 0.25) is 0 Å². The Balaban J connectivity index is 2.29. The van der Waals surface area contributed by atoms with E-state index in [0.717, 1.165) is 0 Å². The summed E-state index contributed by atoms with van der Waals surface area (Å²) >= 11 is 0. The van der Waals surface area contributed by atoms with Crippen LogP contribution in [0.4, 0.5) is 0 Å². The number of allylic oxidation sites excluding steroid dienone is 1. The van der Waals surface area contributed by atoms with Crippen LogP contribution in [-0.4, -0.2) is 28.7 Å². The molecule has 0 unspecified atom stereocenters. The maximum atomic E-state index is 11.5. The lowest BCUT2D eigenvalue weighted by Gasteiger charge is -2.08. The summed E-state index contributed by atoms with van der Waals surface area (Å²) in [6.45, 7) is 5.36. The molecule has 1 fully saturated rings. The van der Waals surface area contributed by atoms with Gasteiger partial charge in [-0.15, -0.1) is 0 Å². The van der Waals surface area contributed by atoms with Crippen molar-refractivity contribution in [2.45, 2.75) is 24.7 Å². The lowest BCUT2D eigenvalue weighted by atomic mass is 9.91. The van der Waals surface area contributed by atoms with Crippen molar-refractivity contribution in [2.75, 3.05) is 0 Å². The minimum atomic E-state index is -1.09. The monoisotopic (exact) mass is 190 g/mol. The highest BCUT2D eigenvalue weighted by molar-refractivity contribution is 6.04. The summed E-state index contributed by atoms with van der Waals surface area (Å²) in [4.78, 5) is 11.5. The minimum Gasteiger partial charge on any atom is -0.386 e. The summed E-state index contributed by atoms with van der Waals surface area (Å²) in [7, 11) is 0. The molecule has 0 aromatic rings. The molecular weight excluding hydrogens is 180 g/mol. The summed E-state index contributed by atoms with van der Waals surface area (Å²) in [6, 6.07) is 0. The van der Waals surface area contributed by atoms with Gasteiger partial charge in [-0.25, -0.2) is 0 Å². The number of carbonyl (C=O) groups excluding carboxylic acids is 1. The topological polar surface area (TPSA) is 49.8 Å². The highest BCUT2D eigenvalue weighted by Gasteiger charge is 2.65. The van der Waals surface area contributed by atoms with Crippen LogP contribution in [0.15, 0.2) is 24.3 Å². The van der Waals surface area contributed by atoms with Crippen molar-refractivity contribution in [3.63, 3.8) is 0 Å². The first-order valence-corrected chi connectivity index (χ1v) is 4.33. The summed E-state index contributed by atoms with van der Waals surface area (Å²) in [5.41, 5.74) is -0.418. The molecular formula is C11H10O3. The van der Waals surface area contributed by atoms with Gasteiger partial charge in [-0.2, -0.15) is 0 Å². The zero-order valence-electron chi connectivity index (χ0n) is 7.78. The number of fused-ring (bicyclic) bond motifs is 1. The number of aliphatic hydroxyl groups is 1. The quantitative estimate of drug-likeness (QED) is 0.438. The molecule has 2 aliphatic rings. The van der Waals surface area contributed by atoms with E-state index in [2.05, 4.69) is 18.4 Å². The van der Waals surface area contributed by atoms with Crippen LogP contribution in [-0.2, 0) is 9.53 Å². The molecule has 1 N–H and O–H groups in total. The maximum absolute atomic E-state index is 11.5. The molecule has 0 radical (unpaired) electrons. The average Bonchev–Trinajstić information content (AvgIpc) is 2.86. The molecule has 0 aromatic heterocycles. The van der Waals surface area contributed by atoms with Gasteiger partial charge in [0.25, 0.3) is 0 Å². The molecule has 0 amide bonds. The third kappa shape index (κ3) is 1.20. The molecule has 0 aromatic carbocycles. The first-order chi connectivity index (χ1) is 6.56. The molecule has 3 heteroatoms. The smallest absolute Gasteiger partial charge is 0.221 e. The normalized spacial score (nSPS) is 38.3. The third-order valence-electron chi connectivity index (χ3n) is 2.24. The van der Waals surface area contributed by atoms with Gasteiger partial charge in [0.2, 0.25) is 11.4 Å². The van der Waals surface area contributed by atoms with Crippen LogP contribution >= 0.6 is 0 Å². The van der Waals surface area contributed by atoms with Gasteiger partial charge in [-0.3, -0.25) is 4.79 Å². The zero-order valence-corrected chi connectivity index (χ0v) is 7.78. The van der Waals surface area contributed by atoms with Gasteiger partial charge < -0.3 is 9.84 Å². The standard InChI is InChI=1S/C11H10O3/c1-7(2)5-6-11-9(13)4-3-8(12)10(11)14-11/h3-4,8,10,12H,1H2,2H3/t8-,10+,11-/m0/s1. The Hall–Kier alpha value is -1.37. The molecule has 3 nitrogen and oxygen atoms in total. The number of ketones is 1. The summed E-state index contributed by atoms with van der Waals surface area (Å²) in [5, 5.41) is 9.41. The Morgan fingerprint density at radius 3 is 3.14 bits per heavy atom. The van der Waals surface area contributed by atoms with Gasteiger partial charge in [0.15, 0.2) is 0 Å². The van der Waals surface area contributed by atoms with E-state index in [4.69, 9.17) is 4.74 Å². The summed E-state index contributed by atoms with van der Waals surface area (Å²) in [5.74, 6) is 5.24.